The molecule has 0 radical (unpaired) electrons. The van der Waals surface area contributed by atoms with Gasteiger partial charge in [0.05, 0.1) is 0 Å². The van der Waals surface area contributed by atoms with Crippen molar-refractivity contribution in [1.82, 2.24) is 0 Å². The fraction of sp³-hybridized carbons (Fsp3) is 0.200. The van der Waals surface area contributed by atoms with E-state index in [1.807, 2.05) is 13.0 Å². The van der Waals surface area contributed by atoms with Gasteiger partial charge in [0.2, 0.25) is 0 Å². The van der Waals surface area contributed by atoms with E-state index in [1.54, 1.807) is 12.1 Å². The van der Waals surface area contributed by atoms with Gasteiger partial charge in [-0.15, -0.1) is 0 Å². The first-order valence-electron chi connectivity index (χ1n) is 5.80. The molecule has 100 valence electrons. The van der Waals surface area contributed by atoms with Crippen LogP contribution < -0.4 is 0 Å². The second-order valence-electron chi connectivity index (χ2n) is 4.50. The molecule has 0 saturated carbocycles. The summed E-state index contributed by atoms with van der Waals surface area (Å²) in [7, 11) is 0. The van der Waals surface area contributed by atoms with Crippen LogP contribution in [-0.2, 0) is 0 Å². The van der Waals surface area contributed by atoms with Crippen LogP contribution in [-0.4, -0.2) is 5.11 Å². The minimum Gasteiger partial charge on any atom is -0.384 e. The van der Waals surface area contributed by atoms with Crippen LogP contribution in [0.3, 0.4) is 0 Å². The average Bonchev–Trinajstić information content (AvgIpc) is 2.36. The maximum Gasteiger partial charge on any atom is 0.129 e. The predicted molar refractivity (Wildman–Crippen MR) is 79.1 cm³/mol. The number of halogens is 3. The summed E-state index contributed by atoms with van der Waals surface area (Å²) in [6.45, 7) is 3.40. The monoisotopic (exact) mass is 374 g/mol. The maximum atomic E-state index is 13.9. The predicted octanol–water partition coefficient (Wildman–Crippen LogP) is 4.27. The van der Waals surface area contributed by atoms with Crippen molar-refractivity contribution < 1.29 is 13.9 Å². The highest BCUT2D eigenvalue weighted by molar-refractivity contribution is 14.1. The lowest BCUT2D eigenvalue weighted by atomic mass is 9.98. The summed E-state index contributed by atoms with van der Waals surface area (Å²) in [6.07, 6.45) is -1.16. The summed E-state index contributed by atoms with van der Waals surface area (Å²) in [5.74, 6) is -1.11. The standard InChI is InChI=1S/C15H13F2IO/c1-8-4-3-5-10(14(8)18)15(19)11-7-12(16)9(2)6-13(11)17/h3-7,15,19H,1-2H3. The summed E-state index contributed by atoms with van der Waals surface area (Å²) in [5, 5.41) is 10.3. The Morgan fingerprint density at radius 1 is 1.00 bits per heavy atom. The highest BCUT2D eigenvalue weighted by Gasteiger charge is 2.19. The van der Waals surface area contributed by atoms with Gasteiger partial charge in [-0.2, -0.15) is 0 Å². The van der Waals surface area contributed by atoms with Gasteiger partial charge in [0.1, 0.15) is 17.7 Å². The summed E-state index contributed by atoms with van der Waals surface area (Å²) >= 11 is 2.10. The van der Waals surface area contributed by atoms with Gasteiger partial charge in [-0.05, 0) is 65.3 Å². The zero-order valence-corrected chi connectivity index (χ0v) is 12.7. The number of aliphatic hydroxyl groups excluding tert-OH is 1. The van der Waals surface area contributed by atoms with E-state index in [0.717, 1.165) is 21.3 Å². The molecular weight excluding hydrogens is 361 g/mol. The Labute approximate surface area is 124 Å². The largest absolute Gasteiger partial charge is 0.384 e. The number of rotatable bonds is 2. The third kappa shape index (κ3) is 2.79. The molecule has 0 aliphatic rings. The second-order valence-corrected chi connectivity index (χ2v) is 5.58. The first-order valence-corrected chi connectivity index (χ1v) is 6.88. The highest BCUT2D eigenvalue weighted by atomic mass is 127. The average molecular weight is 374 g/mol. The van der Waals surface area contributed by atoms with Crippen LogP contribution in [0, 0.1) is 29.1 Å². The molecule has 1 nitrogen and oxygen atoms in total. The van der Waals surface area contributed by atoms with Gasteiger partial charge in [0.25, 0.3) is 0 Å². The molecule has 2 aromatic rings. The summed E-state index contributed by atoms with van der Waals surface area (Å²) in [5.41, 5.74) is 1.77. The number of aryl methyl sites for hydroxylation is 2. The molecule has 4 heteroatoms. The summed E-state index contributed by atoms with van der Waals surface area (Å²) < 4.78 is 28.3. The molecule has 0 bridgehead atoms. The van der Waals surface area contributed by atoms with E-state index in [4.69, 9.17) is 0 Å². The SMILES string of the molecule is Cc1cc(F)c(C(O)c2cccc(C)c2I)cc1F. The Hall–Kier alpha value is -1.01. The van der Waals surface area contributed by atoms with Crippen LogP contribution >= 0.6 is 22.6 Å². The molecule has 0 spiro atoms. The normalized spacial score (nSPS) is 12.5. The van der Waals surface area contributed by atoms with Gasteiger partial charge in [-0.25, -0.2) is 8.78 Å². The van der Waals surface area contributed by atoms with Crippen molar-refractivity contribution >= 4 is 22.6 Å². The minimum atomic E-state index is -1.16. The lowest BCUT2D eigenvalue weighted by Crippen LogP contribution is -2.06. The van der Waals surface area contributed by atoms with Crippen molar-refractivity contribution in [2.75, 3.05) is 0 Å². The Balaban J connectivity index is 2.53. The second kappa shape index (κ2) is 5.54. The van der Waals surface area contributed by atoms with E-state index in [9.17, 15) is 13.9 Å². The van der Waals surface area contributed by atoms with Crippen LogP contribution in [0.2, 0.25) is 0 Å². The minimum absolute atomic E-state index is 0.0355. The van der Waals surface area contributed by atoms with E-state index >= 15 is 0 Å². The van der Waals surface area contributed by atoms with Gasteiger partial charge in [-0.1, -0.05) is 18.2 Å². The van der Waals surface area contributed by atoms with E-state index < -0.39 is 17.7 Å². The molecule has 1 N–H and O–H groups in total. The van der Waals surface area contributed by atoms with E-state index in [1.165, 1.54) is 6.92 Å². The third-order valence-electron chi connectivity index (χ3n) is 3.09. The molecule has 1 unspecified atom stereocenters. The Bertz CT molecular complexity index is 626. The van der Waals surface area contributed by atoms with Gasteiger partial charge in [0.15, 0.2) is 0 Å². The molecular formula is C15H13F2IO. The van der Waals surface area contributed by atoms with Crippen molar-refractivity contribution in [1.29, 1.82) is 0 Å². The molecule has 0 fully saturated rings. The number of benzene rings is 2. The van der Waals surface area contributed by atoms with Gasteiger partial charge < -0.3 is 5.11 Å². The first kappa shape index (κ1) is 14.4. The molecule has 0 heterocycles. The third-order valence-corrected chi connectivity index (χ3v) is 4.56. The number of aliphatic hydroxyl groups is 1. The lowest BCUT2D eigenvalue weighted by molar-refractivity contribution is 0.213. The first-order chi connectivity index (χ1) is 8.91. The van der Waals surface area contributed by atoms with Crippen molar-refractivity contribution in [2.45, 2.75) is 20.0 Å². The fourth-order valence-corrected chi connectivity index (χ4v) is 2.57. The van der Waals surface area contributed by atoms with Crippen molar-refractivity contribution in [2.24, 2.45) is 0 Å². The number of hydrogen-bond donors (Lipinski definition) is 1. The van der Waals surface area contributed by atoms with Crippen molar-refractivity contribution in [3.63, 3.8) is 0 Å². The van der Waals surface area contributed by atoms with Gasteiger partial charge in [-0.3, -0.25) is 0 Å². The van der Waals surface area contributed by atoms with Crippen LogP contribution in [0.4, 0.5) is 8.78 Å². The van der Waals surface area contributed by atoms with E-state index in [-0.39, 0.29) is 11.1 Å². The zero-order chi connectivity index (χ0) is 14.2. The molecule has 0 aliphatic carbocycles. The lowest BCUT2D eigenvalue weighted by Gasteiger charge is -2.16. The molecule has 2 rings (SSSR count). The molecule has 0 amide bonds. The van der Waals surface area contributed by atoms with Crippen LogP contribution in [0.15, 0.2) is 30.3 Å². The summed E-state index contributed by atoms with van der Waals surface area (Å²) in [6, 6.07) is 7.59. The Morgan fingerprint density at radius 3 is 2.37 bits per heavy atom. The highest BCUT2D eigenvalue weighted by Crippen LogP contribution is 2.30. The van der Waals surface area contributed by atoms with Gasteiger partial charge >= 0.3 is 0 Å². The maximum absolute atomic E-state index is 13.9. The quantitative estimate of drug-likeness (QED) is 0.779. The fourth-order valence-electron chi connectivity index (χ4n) is 1.92. The van der Waals surface area contributed by atoms with Crippen LogP contribution in [0.5, 0.6) is 0 Å². The van der Waals surface area contributed by atoms with Crippen LogP contribution in [0.1, 0.15) is 28.4 Å². The molecule has 1 atom stereocenters. The van der Waals surface area contributed by atoms with Crippen molar-refractivity contribution in [3.05, 3.63) is 67.8 Å². The smallest absolute Gasteiger partial charge is 0.129 e. The summed E-state index contributed by atoms with van der Waals surface area (Å²) in [4.78, 5) is 0. The Morgan fingerprint density at radius 2 is 1.68 bits per heavy atom. The zero-order valence-electron chi connectivity index (χ0n) is 10.5. The molecule has 0 saturated heterocycles. The molecule has 19 heavy (non-hydrogen) atoms. The Kier molecular flexibility index (Phi) is 4.20. The van der Waals surface area contributed by atoms with Gasteiger partial charge in [0, 0.05) is 9.13 Å². The van der Waals surface area contributed by atoms with E-state index in [2.05, 4.69) is 22.6 Å². The topological polar surface area (TPSA) is 20.2 Å². The van der Waals surface area contributed by atoms with Crippen molar-refractivity contribution in [3.8, 4) is 0 Å². The molecule has 0 aliphatic heterocycles. The molecule has 2 aromatic carbocycles. The number of hydrogen-bond acceptors (Lipinski definition) is 1. The van der Waals surface area contributed by atoms with E-state index in [0.29, 0.717) is 5.56 Å². The molecule has 0 aromatic heterocycles. The van der Waals surface area contributed by atoms with Crippen LogP contribution in [0.25, 0.3) is 0 Å².